The zero-order valence-corrected chi connectivity index (χ0v) is 14.6. The molecule has 122 valence electrons. The molecule has 0 amide bonds. The van der Waals surface area contributed by atoms with E-state index in [-0.39, 0.29) is 0 Å². The lowest BCUT2D eigenvalue weighted by molar-refractivity contribution is 0.223. The Hall–Kier alpha value is -1.55. The Morgan fingerprint density at radius 3 is 2.57 bits per heavy atom. The second-order valence-electron chi connectivity index (χ2n) is 6.38. The molecular weight excluding hydrogens is 306 g/mol. The molecule has 1 aliphatic heterocycles. The summed E-state index contributed by atoms with van der Waals surface area (Å²) >= 11 is 5.95. The lowest BCUT2D eigenvalue weighted by Crippen LogP contribution is -2.29. The van der Waals surface area contributed by atoms with Crippen LogP contribution in [0.2, 0.25) is 5.02 Å². The lowest BCUT2D eigenvalue weighted by Gasteiger charge is -2.24. The summed E-state index contributed by atoms with van der Waals surface area (Å²) in [7, 11) is 4.15. The molecule has 0 saturated heterocycles. The van der Waals surface area contributed by atoms with E-state index in [0.29, 0.717) is 12.6 Å². The van der Waals surface area contributed by atoms with Gasteiger partial charge in [-0.3, -0.25) is 4.90 Å². The first-order valence-electron chi connectivity index (χ1n) is 8.07. The van der Waals surface area contributed by atoms with E-state index in [2.05, 4.69) is 54.2 Å². The van der Waals surface area contributed by atoms with Crippen LogP contribution in [0.3, 0.4) is 0 Å². The largest absolute Gasteiger partial charge is 0.378 e. The zero-order chi connectivity index (χ0) is 16.4. The van der Waals surface area contributed by atoms with Crippen molar-refractivity contribution >= 4 is 17.3 Å². The molecule has 4 heteroatoms. The molecule has 3 rings (SSSR count). The quantitative estimate of drug-likeness (QED) is 0.911. The molecule has 2 aromatic rings. The molecule has 0 aliphatic carbocycles. The van der Waals surface area contributed by atoms with Crippen LogP contribution in [0.25, 0.3) is 0 Å². The van der Waals surface area contributed by atoms with Gasteiger partial charge in [-0.25, -0.2) is 0 Å². The van der Waals surface area contributed by atoms with Crippen molar-refractivity contribution in [3.63, 3.8) is 0 Å². The summed E-state index contributed by atoms with van der Waals surface area (Å²) in [5.74, 6) is 0. The SMILES string of the molecule is CN(C)c1ccc2c(c1)C(CN)N(CCc1ccc(Cl)cc1)C2. The maximum atomic E-state index is 6.08. The minimum absolute atomic E-state index is 0.317. The highest BCUT2D eigenvalue weighted by atomic mass is 35.5. The number of hydrogen-bond donors (Lipinski definition) is 1. The summed E-state index contributed by atoms with van der Waals surface area (Å²) < 4.78 is 0. The first kappa shape index (κ1) is 16.3. The predicted molar refractivity (Wildman–Crippen MR) is 98.1 cm³/mol. The van der Waals surface area contributed by atoms with E-state index < -0.39 is 0 Å². The highest BCUT2D eigenvalue weighted by molar-refractivity contribution is 6.30. The smallest absolute Gasteiger partial charge is 0.0478 e. The maximum Gasteiger partial charge on any atom is 0.0478 e. The molecule has 23 heavy (non-hydrogen) atoms. The molecule has 1 atom stereocenters. The average molecular weight is 330 g/mol. The number of anilines is 1. The van der Waals surface area contributed by atoms with Crippen molar-refractivity contribution in [2.45, 2.75) is 19.0 Å². The van der Waals surface area contributed by atoms with E-state index in [4.69, 9.17) is 17.3 Å². The van der Waals surface area contributed by atoms with E-state index in [1.54, 1.807) is 0 Å². The van der Waals surface area contributed by atoms with Crippen molar-refractivity contribution in [3.05, 3.63) is 64.2 Å². The van der Waals surface area contributed by atoms with E-state index >= 15 is 0 Å². The average Bonchev–Trinajstić information content (AvgIpc) is 2.90. The van der Waals surface area contributed by atoms with Crippen molar-refractivity contribution < 1.29 is 0 Å². The second kappa shape index (κ2) is 6.91. The molecule has 2 N–H and O–H groups in total. The minimum Gasteiger partial charge on any atom is -0.378 e. The van der Waals surface area contributed by atoms with Crippen molar-refractivity contribution in [1.29, 1.82) is 0 Å². The van der Waals surface area contributed by atoms with Crippen LogP contribution in [0.1, 0.15) is 22.7 Å². The van der Waals surface area contributed by atoms with Gasteiger partial charge in [0.2, 0.25) is 0 Å². The van der Waals surface area contributed by atoms with Crippen molar-refractivity contribution in [1.82, 2.24) is 4.90 Å². The Bertz CT molecular complexity index is 667. The van der Waals surface area contributed by atoms with Gasteiger partial charge in [0.05, 0.1) is 0 Å². The molecule has 0 saturated carbocycles. The molecular formula is C19H24ClN3. The van der Waals surface area contributed by atoms with Gasteiger partial charge in [-0.2, -0.15) is 0 Å². The Kier molecular flexibility index (Phi) is 4.90. The highest BCUT2D eigenvalue weighted by Gasteiger charge is 2.29. The first-order chi connectivity index (χ1) is 11.1. The third-order valence-corrected chi connectivity index (χ3v) is 4.90. The van der Waals surface area contributed by atoms with E-state index in [1.807, 2.05) is 12.1 Å². The molecule has 0 spiro atoms. The van der Waals surface area contributed by atoms with Crippen molar-refractivity contribution in [3.8, 4) is 0 Å². The second-order valence-corrected chi connectivity index (χ2v) is 6.81. The number of halogens is 1. The lowest BCUT2D eigenvalue weighted by atomic mass is 10.0. The fourth-order valence-electron chi connectivity index (χ4n) is 3.28. The zero-order valence-electron chi connectivity index (χ0n) is 13.8. The normalized spacial score (nSPS) is 17.3. The van der Waals surface area contributed by atoms with Crippen LogP contribution in [0.15, 0.2) is 42.5 Å². The molecule has 0 bridgehead atoms. The van der Waals surface area contributed by atoms with Crippen LogP contribution in [0.4, 0.5) is 5.69 Å². The predicted octanol–water partition coefficient (Wildman–Crippen LogP) is 3.46. The fourth-order valence-corrected chi connectivity index (χ4v) is 3.40. The third-order valence-electron chi connectivity index (χ3n) is 4.64. The molecule has 0 aromatic heterocycles. The molecule has 1 heterocycles. The molecule has 1 aliphatic rings. The topological polar surface area (TPSA) is 32.5 Å². The number of nitrogens with zero attached hydrogens (tertiary/aromatic N) is 2. The molecule has 0 fully saturated rings. The van der Waals surface area contributed by atoms with Crippen LogP contribution in [0.5, 0.6) is 0 Å². The highest BCUT2D eigenvalue weighted by Crippen LogP contribution is 2.35. The first-order valence-corrected chi connectivity index (χ1v) is 8.45. The van der Waals surface area contributed by atoms with Crippen LogP contribution < -0.4 is 10.6 Å². The summed E-state index contributed by atoms with van der Waals surface area (Å²) in [5, 5.41) is 0.790. The van der Waals surface area contributed by atoms with E-state index in [9.17, 15) is 0 Å². The Balaban J connectivity index is 1.73. The van der Waals surface area contributed by atoms with Crippen LogP contribution in [-0.4, -0.2) is 32.1 Å². The van der Waals surface area contributed by atoms with Crippen LogP contribution >= 0.6 is 11.6 Å². The van der Waals surface area contributed by atoms with Crippen LogP contribution in [0, 0.1) is 0 Å². The van der Waals surface area contributed by atoms with Crippen LogP contribution in [-0.2, 0) is 13.0 Å². The van der Waals surface area contributed by atoms with E-state index in [1.165, 1.54) is 22.4 Å². The summed E-state index contributed by atoms with van der Waals surface area (Å²) in [6.07, 6.45) is 1.02. The standard InChI is InChI=1S/C19H24ClN3/c1-22(2)17-8-5-15-13-23(19(12-21)18(15)11-17)10-9-14-3-6-16(20)7-4-14/h3-8,11,19H,9-10,12-13,21H2,1-2H3. The number of benzene rings is 2. The monoisotopic (exact) mass is 329 g/mol. The van der Waals surface area contributed by atoms with Gasteiger partial charge < -0.3 is 10.6 Å². The summed E-state index contributed by atoms with van der Waals surface area (Å²) in [4.78, 5) is 4.63. The van der Waals surface area contributed by atoms with Gasteiger partial charge in [0, 0.05) is 50.5 Å². The number of fused-ring (bicyclic) bond motifs is 1. The van der Waals surface area contributed by atoms with Crippen molar-refractivity contribution in [2.75, 3.05) is 32.1 Å². The molecule has 1 unspecified atom stereocenters. The molecule has 3 nitrogen and oxygen atoms in total. The summed E-state index contributed by atoms with van der Waals surface area (Å²) in [6, 6.07) is 15.2. The molecule has 0 radical (unpaired) electrons. The Morgan fingerprint density at radius 2 is 1.91 bits per heavy atom. The van der Waals surface area contributed by atoms with Crippen molar-refractivity contribution in [2.24, 2.45) is 5.73 Å². The maximum absolute atomic E-state index is 6.08. The van der Waals surface area contributed by atoms with Gasteiger partial charge in [-0.15, -0.1) is 0 Å². The number of hydrogen-bond acceptors (Lipinski definition) is 3. The third kappa shape index (κ3) is 3.52. The Morgan fingerprint density at radius 1 is 1.17 bits per heavy atom. The summed E-state index contributed by atoms with van der Waals surface area (Å²) in [5.41, 5.74) is 11.4. The Labute approximate surface area is 143 Å². The van der Waals surface area contributed by atoms with Gasteiger partial charge in [-0.1, -0.05) is 29.8 Å². The minimum atomic E-state index is 0.317. The van der Waals surface area contributed by atoms with Gasteiger partial charge >= 0.3 is 0 Å². The van der Waals surface area contributed by atoms with Gasteiger partial charge in [0.15, 0.2) is 0 Å². The fraction of sp³-hybridized carbons (Fsp3) is 0.368. The summed E-state index contributed by atoms with van der Waals surface area (Å²) in [6.45, 7) is 2.65. The van der Waals surface area contributed by atoms with Gasteiger partial charge in [-0.05, 0) is 47.4 Å². The number of rotatable bonds is 5. The molecule has 2 aromatic carbocycles. The number of nitrogens with two attached hydrogens (primary N) is 1. The van der Waals surface area contributed by atoms with Gasteiger partial charge in [0.1, 0.15) is 0 Å². The van der Waals surface area contributed by atoms with E-state index in [0.717, 1.165) is 24.5 Å². The van der Waals surface area contributed by atoms with Gasteiger partial charge in [0.25, 0.3) is 0 Å².